The molecule has 0 spiro atoms. The number of fused-ring (bicyclic) bond motifs is 1. The van der Waals surface area contributed by atoms with Crippen molar-refractivity contribution in [3.63, 3.8) is 0 Å². The van der Waals surface area contributed by atoms with Gasteiger partial charge in [-0.1, -0.05) is 42.1 Å². The molecule has 0 saturated heterocycles. The first-order valence-corrected chi connectivity index (χ1v) is 13.1. The molecule has 2 heterocycles. The van der Waals surface area contributed by atoms with Crippen molar-refractivity contribution >= 4 is 40.2 Å². The minimum Gasteiger partial charge on any atom is -0.478 e. The number of benzene rings is 3. The number of carboxylic acids is 1. The van der Waals surface area contributed by atoms with E-state index in [-0.39, 0.29) is 17.3 Å². The summed E-state index contributed by atoms with van der Waals surface area (Å²) in [5.41, 5.74) is 4.10. The van der Waals surface area contributed by atoms with Crippen molar-refractivity contribution in [2.24, 2.45) is 0 Å². The number of carboxylic acid groups (broad SMARTS) is 1. The molecule has 1 unspecified atom stereocenters. The second-order valence-corrected chi connectivity index (χ2v) is 10.2. The average molecular weight is 549 g/mol. The van der Waals surface area contributed by atoms with E-state index in [0.717, 1.165) is 11.8 Å². The highest BCUT2D eigenvalue weighted by Crippen LogP contribution is 2.30. The molecule has 2 aromatic heterocycles. The quantitative estimate of drug-likeness (QED) is 0.215. The van der Waals surface area contributed by atoms with E-state index in [1.807, 2.05) is 0 Å². The van der Waals surface area contributed by atoms with Crippen molar-refractivity contribution in [2.45, 2.75) is 17.2 Å². The summed E-state index contributed by atoms with van der Waals surface area (Å²) in [5, 5.41) is 22.4. The fourth-order valence-corrected chi connectivity index (χ4v) is 4.98. The number of amides is 1. The van der Waals surface area contributed by atoms with E-state index in [9.17, 15) is 24.3 Å². The molecule has 40 heavy (non-hydrogen) atoms. The molecule has 196 valence electrons. The molecule has 3 aromatic carbocycles. The Labute approximate surface area is 233 Å². The summed E-state index contributed by atoms with van der Waals surface area (Å²) < 4.78 is 13.3. The summed E-state index contributed by atoms with van der Waals surface area (Å²) >= 11 is 1.15. The van der Waals surface area contributed by atoms with Gasteiger partial charge in [0.1, 0.15) is 16.9 Å². The van der Waals surface area contributed by atoms with E-state index in [4.69, 9.17) is 0 Å². The molecule has 2 N–H and O–H groups in total. The number of aromatic carboxylic acids is 1. The van der Waals surface area contributed by atoms with Crippen LogP contribution >= 0.6 is 11.8 Å². The standard InChI is InChI=1S/C31H21FN4O3S/c1-18(40-30-21(17-33)10-15-26(36-30)19-6-11-22(32)12-7-19)29(37)34-23-13-8-20(9-14-23)28-16-25(31(38)39)24-4-2-3-5-27(24)35-28/h2-16,18H,1H3,(H,34,37)(H,38,39). The van der Waals surface area contributed by atoms with Crippen molar-refractivity contribution in [2.75, 3.05) is 5.32 Å². The van der Waals surface area contributed by atoms with E-state index in [1.54, 1.807) is 79.7 Å². The van der Waals surface area contributed by atoms with Gasteiger partial charge in [0, 0.05) is 22.2 Å². The Morgan fingerprint density at radius 2 is 1.60 bits per heavy atom. The van der Waals surface area contributed by atoms with Crippen molar-refractivity contribution < 1.29 is 19.1 Å². The van der Waals surface area contributed by atoms with Gasteiger partial charge in [0.05, 0.1) is 33.3 Å². The van der Waals surface area contributed by atoms with Crippen LogP contribution in [0.15, 0.2) is 96.0 Å². The first-order chi connectivity index (χ1) is 19.3. The monoisotopic (exact) mass is 548 g/mol. The third-order valence-electron chi connectivity index (χ3n) is 6.17. The summed E-state index contributed by atoms with van der Waals surface area (Å²) in [6, 6.07) is 26.9. The number of anilines is 1. The maximum atomic E-state index is 13.3. The number of carbonyl (C=O) groups excluding carboxylic acids is 1. The van der Waals surface area contributed by atoms with E-state index in [0.29, 0.717) is 49.7 Å². The molecular formula is C31H21FN4O3S. The van der Waals surface area contributed by atoms with E-state index >= 15 is 0 Å². The third kappa shape index (κ3) is 5.67. The second kappa shape index (κ2) is 11.4. The Kier molecular flexibility index (Phi) is 7.53. The highest BCUT2D eigenvalue weighted by molar-refractivity contribution is 8.00. The van der Waals surface area contributed by atoms with Crippen LogP contribution in [0.4, 0.5) is 10.1 Å². The third-order valence-corrected chi connectivity index (χ3v) is 7.28. The normalized spacial score (nSPS) is 11.5. The minimum atomic E-state index is -1.03. The maximum Gasteiger partial charge on any atom is 0.336 e. The molecule has 1 atom stereocenters. The molecule has 0 bridgehead atoms. The topological polar surface area (TPSA) is 116 Å². The van der Waals surface area contributed by atoms with Crippen molar-refractivity contribution in [1.29, 1.82) is 5.26 Å². The smallest absolute Gasteiger partial charge is 0.336 e. The number of thioether (sulfide) groups is 1. The van der Waals surface area contributed by atoms with Gasteiger partial charge in [-0.15, -0.1) is 0 Å². The highest BCUT2D eigenvalue weighted by Gasteiger charge is 2.19. The molecule has 1 amide bonds. The molecule has 0 fully saturated rings. The van der Waals surface area contributed by atoms with Crippen LogP contribution in [0.3, 0.4) is 0 Å². The van der Waals surface area contributed by atoms with E-state index in [1.165, 1.54) is 18.2 Å². The van der Waals surface area contributed by atoms with Gasteiger partial charge in [-0.2, -0.15) is 5.26 Å². The summed E-state index contributed by atoms with van der Waals surface area (Å²) in [7, 11) is 0. The Hall–Kier alpha value is -5.07. The Morgan fingerprint density at radius 3 is 2.30 bits per heavy atom. The van der Waals surface area contributed by atoms with Crippen molar-refractivity contribution in [3.8, 4) is 28.6 Å². The molecule has 5 aromatic rings. The fraction of sp³-hybridized carbons (Fsp3) is 0.0645. The largest absolute Gasteiger partial charge is 0.478 e. The fourth-order valence-electron chi connectivity index (χ4n) is 4.09. The molecule has 0 aliphatic rings. The van der Waals surface area contributed by atoms with Crippen molar-refractivity contribution in [3.05, 3.63) is 108 Å². The van der Waals surface area contributed by atoms with Gasteiger partial charge < -0.3 is 10.4 Å². The lowest BCUT2D eigenvalue weighted by Crippen LogP contribution is -2.22. The predicted molar refractivity (Wildman–Crippen MR) is 152 cm³/mol. The number of hydrogen-bond donors (Lipinski definition) is 2. The number of pyridine rings is 2. The van der Waals surface area contributed by atoms with Gasteiger partial charge in [-0.3, -0.25) is 4.79 Å². The summed E-state index contributed by atoms with van der Waals surface area (Å²) in [6.07, 6.45) is 0. The molecule has 7 nitrogen and oxygen atoms in total. The molecule has 0 aliphatic heterocycles. The van der Waals surface area contributed by atoms with Gasteiger partial charge in [0.15, 0.2) is 0 Å². The van der Waals surface area contributed by atoms with Crippen LogP contribution in [0.5, 0.6) is 0 Å². The number of rotatable bonds is 7. The van der Waals surface area contributed by atoms with Gasteiger partial charge >= 0.3 is 5.97 Å². The number of carbonyl (C=O) groups is 2. The lowest BCUT2D eigenvalue weighted by atomic mass is 10.0. The number of nitrogens with zero attached hydrogens (tertiary/aromatic N) is 3. The number of aromatic nitrogens is 2. The zero-order valence-corrected chi connectivity index (χ0v) is 21.9. The summed E-state index contributed by atoms with van der Waals surface area (Å²) in [4.78, 5) is 33.9. The van der Waals surface area contributed by atoms with Gasteiger partial charge in [0.2, 0.25) is 5.91 Å². The van der Waals surface area contributed by atoms with Crippen molar-refractivity contribution in [1.82, 2.24) is 9.97 Å². The zero-order chi connectivity index (χ0) is 28.2. The molecule has 5 rings (SSSR count). The molecule has 0 radical (unpaired) electrons. The molecule has 0 saturated carbocycles. The first-order valence-electron chi connectivity index (χ1n) is 12.2. The SMILES string of the molecule is CC(Sc1nc(-c2ccc(F)cc2)ccc1C#N)C(=O)Nc1ccc(-c2cc(C(=O)O)c3ccccc3n2)cc1. The Balaban J connectivity index is 1.31. The van der Waals surface area contributed by atoms with Crippen LogP contribution in [0.25, 0.3) is 33.4 Å². The predicted octanol–water partition coefficient (Wildman–Crippen LogP) is 6.79. The van der Waals surface area contributed by atoms with Gasteiger partial charge in [-0.05, 0) is 67.6 Å². The minimum absolute atomic E-state index is 0.165. The molecular weight excluding hydrogens is 527 g/mol. The summed E-state index contributed by atoms with van der Waals surface area (Å²) in [5.74, 6) is -1.68. The van der Waals surface area contributed by atoms with E-state index in [2.05, 4.69) is 21.4 Å². The zero-order valence-electron chi connectivity index (χ0n) is 21.1. The van der Waals surface area contributed by atoms with Gasteiger partial charge in [0.25, 0.3) is 0 Å². The number of nitriles is 1. The van der Waals surface area contributed by atoms with E-state index < -0.39 is 11.2 Å². The number of para-hydroxylation sites is 1. The van der Waals surface area contributed by atoms with Crippen LogP contribution in [-0.2, 0) is 4.79 Å². The number of hydrogen-bond acceptors (Lipinski definition) is 6. The lowest BCUT2D eigenvalue weighted by molar-refractivity contribution is -0.115. The van der Waals surface area contributed by atoms with Crippen LogP contribution < -0.4 is 5.32 Å². The van der Waals surface area contributed by atoms with Crippen LogP contribution in [0.2, 0.25) is 0 Å². The first kappa shape index (κ1) is 26.5. The Bertz CT molecular complexity index is 1780. The molecule has 0 aliphatic carbocycles. The number of halogens is 1. The maximum absolute atomic E-state index is 13.3. The number of nitrogens with one attached hydrogen (secondary N) is 1. The summed E-state index contributed by atoms with van der Waals surface area (Å²) in [6.45, 7) is 1.72. The Morgan fingerprint density at radius 1 is 0.925 bits per heavy atom. The molecule has 9 heteroatoms. The van der Waals surface area contributed by atoms with Gasteiger partial charge in [-0.25, -0.2) is 19.2 Å². The highest BCUT2D eigenvalue weighted by atomic mass is 32.2. The van der Waals surface area contributed by atoms with Crippen LogP contribution in [0.1, 0.15) is 22.8 Å². The van der Waals surface area contributed by atoms with Crippen LogP contribution in [0, 0.1) is 17.1 Å². The average Bonchev–Trinajstić information content (AvgIpc) is 2.97. The second-order valence-electron chi connectivity index (χ2n) is 8.87. The van der Waals surface area contributed by atoms with Crippen LogP contribution in [-0.4, -0.2) is 32.2 Å². The lowest BCUT2D eigenvalue weighted by Gasteiger charge is -2.14.